The molecule has 1 atom stereocenters. The molecule has 0 bridgehead atoms. The summed E-state index contributed by atoms with van der Waals surface area (Å²) in [6, 6.07) is 0. The standard InChI is InChI=1S/C5H14NP/c1-5(2,3)7-6-4/h6-7H,1-4H3. The highest BCUT2D eigenvalue weighted by molar-refractivity contribution is 7.37. The van der Waals surface area contributed by atoms with E-state index in [0.29, 0.717) is 5.16 Å². The number of hydrogen-bond donors (Lipinski definition) is 1. The van der Waals surface area contributed by atoms with Gasteiger partial charge in [-0.1, -0.05) is 20.8 Å². The molecule has 7 heavy (non-hydrogen) atoms. The van der Waals surface area contributed by atoms with Crippen LogP contribution in [0.3, 0.4) is 0 Å². The molecule has 0 spiro atoms. The Labute approximate surface area is 47.7 Å². The van der Waals surface area contributed by atoms with Gasteiger partial charge in [-0.2, -0.15) is 0 Å². The minimum atomic E-state index is 0.467. The number of rotatable bonds is 1. The average Bonchev–Trinajstić information content (AvgIpc) is 1.30. The second-order valence-corrected chi connectivity index (χ2v) is 4.88. The van der Waals surface area contributed by atoms with Crippen LogP contribution in [0.5, 0.6) is 0 Å². The Morgan fingerprint density at radius 1 is 1.29 bits per heavy atom. The molecule has 0 aromatic carbocycles. The third-order valence-corrected chi connectivity index (χ3v) is 1.50. The van der Waals surface area contributed by atoms with Crippen LogP contribution >= 0.6 is 8.73 Å². The summed E-state index contributed by atoms with van der Waals surface area (Å²) in [6.07, 6.45) is 0. The summed E-state index contributed by atoms with van der Waals surface area (Å²) in [4.78, 5) is 0. The number of hydrogen-bond acceptors (Lipinski definition) is 1. The summed E-state index contributed by atoms with van der Waals surface area (Å²) in [7, 11) is 2.86. The molecule has 1 unspecified atom stereocenters. The lowest BCUT2D eigenvalue weighted by Crippen LogP contribution is -2.10. The minimum Gasteiger partial charge on any atom is -0.301 e. The van der Waals surface area contributed by atoms with Crippen LogP contribution in [0.2, 0.25) is 0 Å². The predicted molar refractivity (Wildman–Crippen MR) is 37.1 cm³/mol. The van der Waals surface area contributed by atoms with Crippen molar-refractivity contribution in [3.8, 4) is 0 Å². The fraction of sp³-hybridized carbons (Fsp3) is 1.00. The quantitative estimate of drug-likeness (QED) is 0.517. The van der Waals surface area contributed by atoms with Crippen LogP contribution in [-0.4, -0.2) is 12.2 Å². The van der Waals surface area contributed by atoms with E-state index < -0.39 is 0 Å². The maximum atomic E-state index is 3.14. The zero-order valence-electron chi connectivity index (χ0n) is 5.50. The maximum absolute atomic E-state index is 3.14. The normalized spacial score (nSPS) is 13.7. The van der Waals surface area contributed by atoms with Gasteiger partial charge in [0.2, 0.25) is 0 Å². The van der Waals surface area contributed by atoms with E-state index in [0.717, 1.165) is 8.73 Å². The number of nitrogens with one attached hydrogen (secondary N) is 1. The molecule has 44 valence electrons. The van der Waals surface area contributed by atoms with E-state index in [1.165, 1.54) is 0 Å². The van der Waals surface area contributed by atoms with Gasteiger partial charge in [-0.25, -0.2) is 0 Å². The lowest BCUT2D eigenvalue weighted by molar-refractivity contribution is 0.786. The first-order valence-electron chi connectivity index (χ1n) is 2.50. The van der Waals surface area contributed by atoms with Crippen LogP contribution in [0.4, 0.5) is 0 Å². The highest BCUT2D eigenvalue weighted by atomic mass is 31.1. The Kier molecular flexibility index (Phi) is 2.78. The summed E-state index contributed by atoms with van der Waals surface area (Å²) < 4.78 is 0. The molecule has 0 rings (SSSR count). The first kappa shape index (κ1) is 7.39. The molecule has 2 heteroatoms. The van der Waals surface area contributed by atoms with Gasteiger partial charge >= 0.3 is 0 Å². The third-order valence-electron chi connectivity index (χ3n) is 0.500. The smallest absolute Gasteiger partial charge is 0.00768 e. The molecule has 0 aromatic heterocycles. The lowest BCUT2D eigenvalue weighted by atomic mass is 10.3. The van der Waals surface area contributed by atoms with E-state index in [1.54, 1.807) is 0 Å². The summed E-state index contributed by atoms with van der Waals surface area (Å²) >= 11 is 0. The van der Waals surface area contributed by atoms with Gasteiger partial charge in [-0.3, -0.25) is 0 Å². The Morgan fingerprint density at radius 3 is 1.71 bits per heavy atom. The molecule has 0 aliphatic rings. The topological polar surface area (TPSA) is 12.0 Å². The Bertz CT molecular complexity index is 46.5. The average molecular weight is 119 g/mol. The SMILES string of the molecule is CNPC(C)(C)C. The Hall–Kier alpha value is 0.390. The van der Waals surface area contributed by atoms with Crippen molar-refractivity contribution in [2.75, 3.05) is 7.05 Å². The molecule has 0 amide bonds. The molecule has 1 nitrogen and oxygen atoms in total. The van der Waals surface area contributed by atoms with Crippen LogP contribution in [0.25, 0.3) is 0 Å². The summed E-state index contributed by atoms with van der Waals surface area (Å²) in [5, 5.41) is 3.60. The highest BCUT2D eigenvalue weighted by Crippen LogP contribution is 2.24. The van der Waals surface area contributed by atoms with Crippen LogP contribution in [0.15, 0.2) is 0 Å². The molecule has 0 fully saturated rings. The summed E-state index contributed by atoms with van der Waals surface area (Å²) in [6.45, 7) is 6.67. The van der Waals surface area contributed by atoms with Gasteiger partial charge < -0.3 is 5.09 Å². The van der Waals surface area contributed by atoms with Gasteiger partial charge in [0.1, 0.15) is 0 Å². The van der Waals surface area contributed by atoms with Crippen LogP contribution in [0, 0.1) is 0 Å². The van der Waals surface area contributed by atoms with Gasteiger partial charge in [0.25, 0.3) is 0 Å². The largest absolute Gasteiger partial charge is 0.301 e. The lowest BCUT2D eigenvalue weighted by Gasteiger charge is -2.15. The monoisotopic (exact) mass is 119 g/mol. The van der Waals surface area contributed by atoms with Crippen molar-refractivity contribution in [1.82, 2.24) is 5.09 Å². The van der Waals surface area contributed by atoms with Gasteiger partial charge in [0.05, 0.1) is 0 Å². The minimum absolute atomic E-state index is 0.467. The second-order valence-electron chi connectivity index (χ2n) is 2.62. The van der Waals surface area contributed by atoms with E-state index in [4.69, 9.17) is 0 Å². The fourth-order valence-electron chi connectivity index (χ4n) is 0.375. The first-order valence-corrected chi connectivity index (χ1v) is 3.50. The predicted octanol–water partition coefficient (Wildman–Crippen LogP) is 1.60. The van der Waals surface area contributed by atoms with Crippen molar-refractivity contribution in [3.05, 3.63) is 0 Å². The van der Waals surface area contributed by atoms with Crippen molar-refractivity contribution < 1.29 is 0 Å². The first-order chi connectivity index (χ1) is 3.06. The van der Waals surface area contributed by atoms with E-state index in [9.17, 15) is 0 Å². The van der Waals surface area contributed by atoms with Gasteiger partial charge in [-0.15, -0.1) is 0 Å². The zero-order chi connectivity index (χ0) is 5.91. The molecular weight excluding hydrogens is 105 g/mol. The van der Waals surface area contributed by atoms with Crippen LogP contribution in [-0.2, 0) is 0 Å². The Morgan fingerprint density at radius 2 is 1.71 bits per heavy atom. The molecule has 0 aliphatic carbocycles. The van der Waals surface area contributed by atoms with Crippen molar-refractivity contribution in [3.63, 3.8) is 0 Å². The van der Waals surface area contributed by atoms with Gasteiger partial charge in [0, 0.05) is 0 Å². The zero-order valence-corrected chi connectivity index (χ0v) is 6.50. The molecule has 0 saturated carbocycles. The van der Waals surface area contributed by atoms with Gasteiger partial charge in [-0.05, 0) is 20.9 Å². The Balaban J connectivity index is 3.15. The molecule has 1 N–H and O–H groups in total. The van der Waals surface area contributed by atoms with Crippen molar-refractivity contribution >= 4 is 8.73 Å². The fourth-order valence-corrected chi connectivity index (χ4v) is 1.12. The molecule has 0 aliphatic heterocycles. The molecule has 0 radical (unpaired) electrons. The molecule has 0 aromatic rings. The van der Waals surface area contributed by atoms with Gasteiger partial charge in [0.15, 0.2) is 0 Å². The maximum Gasteiger partial charge on any atom is -0.00768 e. The van der Waals surface area contributed by atoms with Crippen LogP contribution in [0.1, 0.15) is 20.8 Å². The molecule has 0 heterocycles. The van der Waals surface area contributed by atoms with Crippen molar-refractivity contribution in [2.24, 2.45) is 0 Å². The molecule has 0 saturated heterocycles. The summed E-state index contributed by atoms with van der Waals surface area (Å²) in [5.41, 5.74) is 0. The van der Waals surface area contributed by atoms with E-state index in [-0.39, 0.29) is 0 Å². The van der Waals surface area contributed by atoms with E-state index in [1.807, 2.05) is 7.05 Å². The van der Waals surface area contributed by atoms with E-state index in [2.05, 4.69) is 25.9 Å². The van der Waals surface area contributed by atoms with Crippen LogP contribution < -0.4 is 5.09 Å². The molecular formula is C5H14NP. The van der Waals surface area contributed by atoms with Crippen molar-refractivity contribution in [1.29, 1.82) is 0 Å². The van der Waals surface area contributed by atoms with E-state index >= 15 is 0 Å². The highest BCUT2D eigenvalue weighted by Gasteiger charge is 2.06. The third kappa shape index (κ3) is 6.39. The van der Waals surface area contributed by atoms with Crippen molar-refractivity contribution in [2.45, 2.75) is 25.9 Å². The second kappa shape index (κ2) is 2.64. The summed E-state index contributed by atoms with van der Waals surface area (Å²) in [5.74, 6) is 0.